The van der Waals surface area contributed by atoms with Crippen LogP contribution < -0.4 is 10.1 Å². The molecule has 0 saturated carbocycles. The highest BCUT2D eigenvalue weighted by Crippen LogP contribution is 2.34. The number of nitrogens with one attached hydrogen (secondary N) is 1. The predicted octanol–water partition coefficient (Wildman–Crippen LogP) is 4.45. The fourth-order valence-corrected chi connectivity index (χ4v) is 3.61. The van der Waals surface area contributed by atoms with Gasteiger partial charge >= 0.3 is 0 Å². The first-order valence-corrected chi connectivity index (χ1v) is 8.83. The maximum absolute atomic E-state index is 13.0. The Balaban J connectivity index is 1.52. The third kappa shape index (κ3) is 3.25. The normalized spacial score (nSPS) is 16.0. The van der Waals surface area contributed by atoms with Crippen LogP contribution in [-0.2, 0) is 4.79 Å². The number of carbonyl (C=O) groups excluding carboxylic acids is 1. The molecule has 1 aliphatic heterocycles. The summed E-state index contributed by atoms with van der Waals surface area (Å²) >= 11 is 1.35. The molecular weight excluding hydrogens is 339 g/mol. The Morgan fingerprint density at radius 3 is 2.84 bits per heavy atom. The third-order valence-corrected chi connectivity index (χ3v) is 4.91. The number of para-hydroxylation sites is 1. The zero-order chi connectivity index (χ0) is 17.2. The molecule has 0 spiro atoms. The van der Waals surface area contributed by atoms with Gasteiger partial charge in [0.05, 0.1) is 18.2 Å². The van der Waals surface area contributed by atoms with E-state index in [0.29, 0.717) is 23.9 Å². The Morgan fingerprint density at radius 1 is 1.20 bits per heavy atom. The quantitative estimate of drug-likeness (QED) is 0.756. The Hall–Kier alpha value is -2.73. The molecule has 1 amide bonds. The number of fused-ring (bicyclic) bond motifs is 1. The van der Waals surface area contributed by atoms with Crippen molar-refractivity contribution in [1.29, 1.82) is 0 Å². The van der Waals surface area contributed by atoms with E-state index >= 15 is 0 Å². The van der Waals surface area contributed by atoms with Crippen molar-refractivity contribution in [2.24, 2.45) is 0 Å². The van der Waals surface area contributed by atoms with Gasteiger partial charge in [-0.2, -0.15) is 0 Å². The summed E-state index contributed by atoms with van der Waals surface area (Å²) in [6, 6.07) is 13.7. The van der Waals surface area contributed by atoms with Crippen molar-refractivity contribution in [3.63, 3.8) is 0 Å². The summed E-state index contributed by atoms with van der Waals surface area (Å²) < 4.78 is 18.6. The zero-order valence-corrected chi connectivity index (χ0v) is 14.1. The van der Waals surface area contributed by atoms with Gasteiger partial charge in [-0.25, -0.2) is 9.37 Å². The van der Waals surface area contributed by atoms with Crippen molar-refractivity contribution in [3.05, 3.63) is 65.3 Å². The molecule has 1 N–H and O–H groups in total. The SMILES string of the molecule is O=C(Nc1nc(-c2ccc(F)cc2)cs1)[C@H]1CCOc2ccccc21. The van der Waals surface area contributed by atoms with Crippen molar-refractivity contribution < 1.29 is 13.9 Å². The second-order valence-corrected chi connectivity index (χ2v) is 6.62. The standard InChI is InChI=1S/C19H15FN2O2S/c20-13-7-5-12(6-8-13)16-11-25-19(21-16)22-18(23)15-9-10-24-17-4-2-1-3-14(15)17/h1-8,11,15H,9-10H2,(H,21,22,23)/t15-/m0/s1. The lowest BCUT2D eigenvalue weighted by Gasteiger charge is -2.24. The Bertz CT molecular complexity index is 908. The Labute approximate surface area is 148 Å². The number of carbonyl (C=O) groups is 1. The van der Waals surface area contributed by atoms with Crippen LogP contribution in [0.25, 0.3) is 11.3 Å². The second kappa shape index (κ2) is 6.64. The van der Waals surface area contributed by atoms with Gasteiger partial charge in [-0.1, -0.05) is 18.2 Å². The molecule has 25 heavy (non-hydrogen) atoms. The molecule has 126 valence electrons. The van der Waals surface area contributed by atoms with Crippen LogP contribution in [0, 0.1) is 5.82 Å². The molecule has 6 heteroatoms. The molecule has 3 aromatic rings. The maximum Gasteiger partial charge on any atom is 0.233 e. The average Bonchev–Trinajstić information content (AvgIpc) is 3.10. The number of halogens is 1. The highest BCUT2D eigenvalue weighted by molar-refractivity contribution is 7.14. The van der Waals surface area contributed by atoms with Crippen LogP contribution >= 0.6 is 11.3 Å². The molecule has 0 aliphatic carbocycles. The van der Waals surface area contributed by atoms with Gasteiger partial charge in [0.2, 0.25) is 5.91 Å². The lowest BCUT2D eigenvalue weighted by Crippen LogP contribution is -2.26. The molecule has 1 atom stereocenters. The van der Waals surface area contributed by atoms with Crippen molar-refractivity contribution in [1.82, 2.24) is 4.98 Å². The first-order valence-electron chi connectivity index (χ1n) is 7.95. The van der Waals surface area contributed by atoms with E-state index in [4.69, 9.17) is 4.74 Å². The summed E-state index contributed by atoms with van der Waals surface area (Å²) in [6.07, 6.45) is 0.638. The summed E-state index contributed by atoms with van der Waals surface area (Å²) in [5.41, 5.74) is 2.43. The van der Waals surface area contributed by atoms with Crippen LogP contribution in [-0.4, -0.2) is 17.5 Å². The molecule has 0 unspecified atom stereocenters. The molecular formula is C19H15FN2O2S. The topological polar surface area (TPSA) is 51.2 Å². The molecule has 0 fully saturated rings. The number of benzene rings is 2. The van der Waals surface area contributed by atoms with E-state index in [1.165, 1.54) is 23.5 Å². The molecule has 4 rings (SSSR count). The monoisotopic (exact) mass is 354 g/mol. The minimum absolute atomic E-state index is 0.0873. The number of thiazole rings is 1. The minimum atomic E-state index is -0.286. The van der Waals surface area contributed by atoms with Gasteiger partial charge in [0, 0.05) is 16.5 Å². The zero-order valence-electron chi connectivity index (χ0n) is 13.2. The average molecular weight is 354 g/mol. The van der Waals surface area contributed by atoms with Crippen molar-refractivity contribution in [3.8, 4) is 17.0 Å². The van der Waals surface area contributed by atoms with Gasteiger partial charge < -0.3 is 10.1 Å². The van der Waals surface area contributed by atoms with Gasteiger partial charge in [-0.05, 0) is 36.8 Å². The minimum Gasteiger partial charge on any atom is -0.493 e. The van der Waals surface area contributed by atoms with E-state index < -0.39 is 0 Å². The van der Waals surface area contributed by atoms with Crippen LogP contribution in [0.15, 0.2) is 53.9 Å². The van der Waals surface area contributed by atoms with Gasteiger partial charge in [0.15, 0.2) is 5.13 Å². The van der Waals surface area contributed by atoms with Gasteiger partial charge in [0.25, 0.3) is 0 Å². The number of hydrogen-bond donors (Lipinski definition) is 1. The van der Waals surface area contributed by atoms with E-state index in [1.54, 1.807) is 12.1 Å². The van der Waals surface area contributed by atoms with Crippen LogP contribution in [0.5, 0.6) is 5.75 Å². The van der Waals surface area contributed by atoms with E-state index in [2.05, 4.69) is 10.3 Å². The number of anilines is 1. The van der Waals surface area contributed by atoms with Gasteiger partial charge in [-0.3, -0.25) is 4.79 Å². The summed E-state index contributed by atoms with van der Waals surface area (Å²) in [5.74, 6) is 0.143. The largest absolute Gasteiger partial charge is 0.493 e. The Morgan fingerprint density at radius 2 is 2.00 bits per heavy atom. The number of amides is 1. The second-order valence-electron chi connectivity index (χ2n) is 5.76. The van der Waals surface area contributed by atoms with E-state index in [-0.39, 0.29) is 17.6 Å². The first-order chi connectivity index (χ1) is 12.2. The third-order valence-electron chi connectivity index (χ3n) is 4.15. The highest BCUT2D eigenvalue weighted by Gasteiger charge is 2.27. The summed E-state index contributed by atoms with van der Waals surface area (Å²) in [7, 11) is 0. The molecule has 1 aromatic heterocycles. The summed E-state index contributed by atoms with van der Waals surface area (Å²) in [4.78, 5) is 17.1. The molecule has 2 heterocycles. The molecule has 0 bridgehead atoms. The fourth-order valence-electron chi connectivity index (χ4n) is 2.89. The highest BCUT2D eigenvalue weighted by atomic mass is 32.1. The lowest BCUT2D eigenvalue weighted by molar-refractivity contribution is -0.118. The summed E-state index contributed by atoms with van der Waals surface area (Å²) in [5, 5.41) is 5.28. The molecule has 0 radical (unpaired) electrons. The molecule has 0 saturated heterocycles. The molecule has 1 aliphatic rings. The number of nitrogens with zero attached hydrogens (tertiary/aromatic N) is 1. The van der Waals surface area contributed by atoms with Gasteiger partial charge in [0.1, 0.15) is 11.6 Å². The van der Waals surface area contributed by atoms with Crippen LogP contribution in [0.1, 0.15) is 17.9 Å². The van der Waals surface area contributed by atoms with Crippen LogP contribution in [0.4, 0.5) is 9.52 Å². The lowest BCUT2D eigenvalue weighted by atomic mass is 9.92. The Kier molecular flexibility index (Phi) is 4.19. The summed E-state index contributed by atoms with van der Waals surface area (Å²) in [6.45, 7) is 0.522. The van der Waals surface area contributed by atoms with Crippen LogP contribution in [0.3, 0.4) is 0 Å². The van der Waals surface area contributed by atoms with E-state index in [0.717, 1.165) is 16.9 Å². The molecule has 2 aromatic carbocycles. The molecule has 4 nitrogen and oxygen atoms in total. The first kappa shape index (κ1) is 15.8. The van der Waals surface area contributed by atoms with Crippen molar-refractivity contribution in [2.75, 3.05) is 11.9 Å². The van der Waals surface area contributed by atoms with Gasteiger partial charge in [-0.15, -0.1) is 11.3 Å². The number of hydrogen-bond acceptors (Lipinski definition) is 4. The van der Waals surface area contributed by atoms with E-state index in [9.17, 15) is 9.18 Å². The van der Waals surface area contributed by atoms with Crippen LogP contribution in [0.2, 0.25) is 0 Å². The number of rotatable bonds is 3. The fraction of sp³-hybridized carbons (Fsp3) is 0.158. The maximum atomic E-state index is 13.0. The van der Waals surface area contributed by atoms with E-state index in [1.807, 2.05) is 29.6 Å². The predicted molar refractivity (Wildman–Crippen MR) is 95.4 cm³/mol. The van der Waals surface area contributed by atoms with Crippen molar-refractivity contribution >= 4 is 22.4 Å². The smallest absolute Gasteiger partial charge is 0.233 e. The number of aromatic nitrogens is 1. The number of ether oxygens (including phenoxy) is 1. The van der Waals surface area contributed by atoms with Crippen molar-refractivity contribution in [2.45, 2.75) is 12.3 Å².